The van der Waals surface area contributed by atoms with Crippen molar-refractivity contribution in [3.8, 4) is 0 Å². The first-order valence-corrected chi connectivity index (χ1v) is 7.38. The second-order valence-corrected chi connectivity index (χ2v) is 6.80. The van der Waals surface area contributed by atoms with E-state index in [-0.39, 0.29) is 17.4 Å². The average molecular weight is 278 g/mol. The molecule has 2 atom stereocenters. The zero-order valence-corrected chi connectivity index (χ0v) is 12.9. The smallest absolute Gasteiger partial charge is 0.269 e. The topological polar surface area (TPSA) is 72.9 Å². The summed E-state index contributed by atoms with van der Waals surface area (Å²) < 4.78 is 1.67. The minimum atomic E-state index is -0.0521. The fraction of sp³-hybridized carbons (Fsp3) is 0.733. The average Bonchev–Trinajstić information content (AvgIpc) is 2.94. The van der Waals surface area contributed by atoms with E-state index in [9.17, 15) is 4.79 Å². The molecule has 0 radical (unpaired) electrons. The van der Waals surface area contributed by atoms with Gasteiger partial charge in [0.05, 0.1) is 5.69 Å². The van der Waals surface area contributed by atoms with E-state index < -0.39 is 0 Å². The Labute approximate surface area is 120 Å². The van der Waals surface area contributed by atoms with Crippen molar-refractivity contribution in [2.45, 2.75) is 51.5 Å². The molecule has 1 aliphatic carbocycles. The Morgan fingerprint density at radius 2 is 2.20 bits per heavy atom. The van der Waals surface area contributed by atoms with Crippen LogP contribution in [0.3, 0.4) is 0 Å². The summed E-state index contributed by atoms with van der Waals surface area (Å²) in [6.07, 6.45) is 3.28. The number of carbonyl (C=O) groups is 1. The van der Waals surface area contributed by atoms with Crippen molar-refractivity contribution in [1.82, 2.24) is 15.1 Å². The lowest BCUT2D eigenvalue weighted by Crippen LogP contribution is -2.40. The maximum Gasteiger partial charge on any atom is 0.269 e. The molecule has 0 aliphatic heterocycles. The van der Waals surface area contributed by atoms with E-state index in [0.717, 1.165) is 25.0 Å². The van der Waals surface area contributed by atoms with E-state index in [2.05, 4.69) is 31.2 Å². The number of rotatable bonds is 3. The molecule has 1 saturated carbocycles. The number of nitrogens with one attached hydrogen (secondary N) is 1. The molecule has 20 heavy (non-hydrogen) atoms. The molecule has 0 spiro atoms. The highest BCUT2D eigenvalue weighted by Crippen LogP contribution is 2.25. The van der Waals surface area contributed by atoms with Crippen LogP contribution in [-0.2, 0) is 12.5 Å². The zero-order chi connectivity index (χ0) is 14.9. The van der Waals surface area contributed by atoms with E-state index in [1.807, 2.05) is 13.1 Å². The monoisotopic (exact) mass is 278 g/mol. The molecule has 1 aliphatic rings. The lowest BCUT2D eigenvalue weighted by atomic mass is 9.92. The Bertz CT molecular complexity index is 487. The van der Waals surface area contributed by atoms with Crippen LogP contribution in [0.25, 0.3) is 0 Å². The Balaban J connectivity index is 2.11. The van der Waals surface area contributed by atoms with Crippen LogP contribution in [0.4, 0.5) is 0 Å². The Hall–Kier alpha value is -1.36. The van der Waals surface area contributed by atoms with E-state index in [1.54, 1.807) is 4.68 Å². The summed E-state index contributed by atoms with van der Waals surface area (Å²) in [6.45, 7) is 6.93. The predicted octanol–water partition coefficient (Wildman–Crippen LogP) is 1.57. The van der Waals surface area contributed by atoms with Gasteiger partial charge in [0.1, 0.15) is 5.69 Å². The number of nitrogens with zero attached hydrogens (tertiary/aromatic N) is 2. The number of aryl methyl sites for hydroxylation is 1. The van der Waals surface area contributed by atoms with Crippen molar-refractivity contribution in [2.75, 3.05) is 6.54 Å². The van der Waals surface area contributed by atoms with Crippen LogP contribution in [0.15, 0.2) is 6.07 Å². The lowest BCUT2D eigenvalue weighted by Gasteiger charge is -2.19. The predicted molar refractivity (Wildman–Crippen MR) is 79.6 cm³/mol. The van der Waals surface area contributed by atoms with Crippen LogP contribution in [0.2, 0.25) is 0 Å². The van der Waals surface area contributed by atoms with Crippen LogP contribution in [-0.4, -0.2) is 28.3 Å². The number of nitrogens with two attached hydrogens (primary N) is 1. The van der Waals surface area contributed by atoms with Gasteiger partial charge in [-0.25, -0.2) is 0 Å². The van der Waals surface area contributed by atoms with Crippen molar-refractivity contribution in [3.05, 3.63) is 17.5 Å². The SMILES string of the molecule is Cn1nc(C(C)(C)C)cc1C(=O)NC1CCCC1CN. The van der Waals surface area contributed by atoms with Crippen LogP contribution in [0.1, 0.15) is 56.2 Å². The first-order chi connectivity index (χ1) is 9.32. The molecule has 3 N–H and O–H groups in total. The molecule has 2 unspecified atom stereocenters. The molecule has 1 heterocycles. The van der Waals surface area contributed by atoms with Crippen LogP contribution < -0.4 is 11.1 Å². The minimum absolute atomic E-state index is 0.0409. The van der Waals surface area contributed by atoms with E-state index in [1.165, 1.54) is 0 Å². The Morgan fingerprint density at radius 1 is 1.50 bits per heavy atom. The number of carbonyl (C=O) groups excluding carboxylic acids is 1. The summed E-state index contributed by atoms with van der Waals surface area (Å²) in [5.41, 5.74) is 7.27. The molecule has 0 aromatic carbocycles. The summed E-state index contributed by atoms with van der Waals surface area (Å²) in [5, 5.41) is 7.57. The third-order valence-corrected chi connectivity index (χ3v) is 4.16. The number of hydrogen-bond donors (Lipinski definition) is 2. The third kappa shape index (κ3) is 3.03. The minimum Gasteiger partial charge on any atom is -0.348 e. The Morgan fingerprint density at radius 3 is 2.75 bits per heavy atom. The molecular weight excluding hydrogens is 252 g/mol. The molecule has 0 saturated heterocycles. The molecule has 5 nitrogen and oxygen atoms in total. The van der Waals surface area contributed by atoms with Gasteiger partial charge in [-0.15, -0.1) is 0 Å². The largest absolute Gasteiger partial charge is 0.348 e. The van der Waals surface area contributed by atoms with Crippen molar-refractivity contribution in [1.29, 1.82) is 0 Å². The maximum atomic E-state index is 12.4. The molecule has 2 rings (SSSR count). The summed E-state index contributed by atoms with van der Waals surface area (Å²) in [6, 6.07) is 2.10. The number of aromatic nitrogens is 2. The highest BCUT2D eigenvalue weighted by atomic mass is 16.2. The molecule has 0 bridgehead atoms. The molecule has 1 amide bonds. The lowest BCUT2D eigenvalue weighted by molar-refractivity contribution is 0.0919. The van der Waals surface area contributed by atoms with Gasteiger partial charge in [0.25, 0.3) is 5.91 Å². The van der Waals surface area contributed by atoms with Gasteiger partial charge >= 0.3 is 0 Å². The van der Waals surface area contributed by atoms with Gasteiger partial charge in [0.15, 0.2) is 0 Å². The molecule has 1 aromatic rings. The van der Waals surface area contributed by atoms with E-state index in [4.69, 9.17) is 5.73 Å². The van der Waals surface area contributed by atoms with Crippen molar-refractivity contribution in [3.63, 3.8) is 0 Å². The fourth-order valence-electron chi connectivity index (χ4n) is 2.80. The van der Waals surface area contributed by atoms with Gasteiger partial charge in [-0.2, -0.15) is 5.10 Å². The van der Waals surface area contributed by atoms with Crippen LogP contribution in [0, 0.1) is 5.92 Å². The molecular formula is C15H26N4O. The van der Waals surface area contributed by atoms with Crippen molar-refractivity contribution >= 4 is 5.91 Å². The fourth-order valence-corrected chi connectivity index (χ4v) is 2.80. The van der Waals surface area contributed by atoms with Gasteiger partial charge in [-0.1, -0.05) is 27.2 Å². The summed E-state index contributed by atoms with van der Waals surface area (Å²) in [7, 11) is 1.82. The number of hydrogen-bond acceptors (Lipinski definition) is 3. The van der Waals surface area contributed by atoms with Crippen LogP contribution in [0.5, 0.6) is 0 Å². The Kier molecular flexibility index (Phi) is 4.18. The third-order valence-electron chi connectivity index (χ3n) is 4.16. The van der Waals surface area contributed by atoms with Gasteiger partial charge in [0.2, 0.25) is 0 Å². The molecule has 1 fully saturated rings. The standard InChI is InChI=1S/C15H26N4O/c1-15(2,3)13-8-12(19(4)18-13)14(20)17-11-7-5-6-10(11)9-16/h8,10-11H,5-7,9,16H2,1-4H3,(H,17,20). The maximum absolute atomic E-state index is 12.4. The van der Waals surface area contributed by atoms with Gasteiger partial charge in [-0.05, 0) is 31.4 Å². The quantitative estimate of drug-likeness (QED) is 0.881. The molecule has 112 valence electrons. The van der Waals surface area contributed by atoms with E-state index in [0.29, 0.717) is 18.2 Å². The number of amides is 1. The van der Waals surface area contributed by atoms with Crippen molar-refractivity contribution < 1.29 is 4.79 Å². The molecule has 5 heteroatoms. The highest BCUT2D eigenvalue weighted by molar-refractivity contribution is 5.93. The van der Waals surface area contributed by atoms with Crippen molar-refractivity contribution in [2.24, 2.45) is 18.7 Å². The first-order valence-electron chi connectivity index (χ1n) is 7.38. The van der Waals surface area contributed by atoms with Gasteiger partial charge in [0, 0.05) is 18.5 Å². The summed E-state index contributed by atoms with van der Waals surface area (Å²) in [4.78, 5) is 12.4. The van der Waals surface area contributed by atoms with Crippen LogP contribution >= 0.6 is 0 Å². The normalized spacial score (nSPS) is 23.1. The van der Waals surface area contributed by atoms with E-state index >= 15 is 0 Å². The first kappa shape index (κ1) is 15.0. The second-order valence-electron chi connectivity index (χ2n) is 6.80. The molecule has 1 aromatic heterocycles. The summed E-state index contributed by atoms with van der Waals surface area (Å²) in [5.74, 6) is 0.370. The zero-order valence-electron chi connectivity index (χ0n) is 12.9. The van der Waals surface area contributed by atoms with Gasteiger partial charge < -0.3 is 11.1 Å². The highest BCUT2D eigenvalue weighted by Gasteiger charge is 2.29. The second kappa shape index (κ2) is 5.56. The summed E-state index contributed by atoms with van der Waals surface area (Å²) >= 11 is 0. The van der Waals surface area contributed by atoms with Gasteiger partial charge in [-0.3, -0.25) is 9.48 Å².